The fourth-order valence-corrected chi connectivity index (χ4v) is 1.94. The van der Waals surface area contributed by atoms with Crippen LogP contribution in [0.4, 0.5) is 5.69 Å². The Morgan fingerprint density at radius 2 is 2.24 bits per heavy atom. The Kier molecular flexibility index (Phi) is 3.64. The highest BCUT2D eigenvalue weighted by atomic mass is 16.5. The van der Waals surface area contributed by atoms with Crippen molar-refractivity contribution in [2.45, 2.75) is 18.9 Å². The van der Waals surface area contributed by atoms with Gasteiger partial charge in [-0.25, -0.2) is 4.79 Å². The van der Waals surface area contributed by atoms with Gasteiger partial charge in [0.1, 0.15) is 0 Å². The normalized spacial score (nSPS) is 23.4. The lowest BCUT2D eigenvalue weighted by molar-refractivity contribution is -0.148. The summed E-state index contributed by atoms with van der Waals surface area (Å²) in [5, 5.41) is 3.24. The van der Waals surface area contributed by atoms with Gasteiger partial charge in [0.25, 0.3) is 0 Å². The Hall–Kier alpha value is -1.55. The van der Waals surface area contributed by atoms with Crippen molar-refractivity contribution in [2.24, 2.45) is 0 Å². The minimum absolute atomic E-state index is 0.235. The predicted octanol–water partition coefficient (Wildman–Crippen LogP) is 1.82. The first kappa shape index (κ1) is 11.9. The number of para-hydroxylation sites is 1. The van der Waals surface area contributed by atoms with E-state index in [0.29, 0.717) is 26.2 Å². The molecular formula is C13H17NO3. The van der Waals surface area contributed by atoms with Crippen LogP contribution in [-0.2, 0) is 14.3 Å². The molecule has 0 saturated carbocycles. The van der Waals surface area contributed by atoms with Crippen molar-refractivity contribution >= 4 is 11.7 Å². The molecular weight excluding hydrogens is 218 g/mol. The van der Waals surface area contributed by atoms with E-state index in [1.807, 2.05) is 37.3 Å². The van der Waals surface area contributed by atoms with Gasteiger partial charge in [-0.1, -0.05) is 18.2 Å². The molecule has 0 radical (unpaired) electrons. The zero-order valence-electron chi connectivity index (χ0n) is 9.94. The number of carbonyl (C=O) groups is 1. The van der Waals surface area contributed by atoms with Gasteiger partial charge in [-0.15, -0.1) is 0 Å². The number of carbonyl (C=O) groups excluding carboxylic acids is 1. The number of hydrogen-bond acceptors (Lipinski definition) is 4. The molecule has 1 atom stereocenters. The zero-order valence-corrected chi connectivity index (χ0v) is 9.94. The molecule has 4 nitrogen and oxygen atoms in total. The smallest absolute Gasteiger partial charge is 0.334 e. The number of hydrogen-bond donors (Lipinski definition) is 1. The van der Waals surface area contributed by atoms with Crippen molar-refractivity contribution in [3.8, 4) is 0 Å². The number of anilines is 1. The molecule has 17 heavy (non-hydrogen) atoms. The first-order chi connectivity index (χ1) is 8.27. The summed E-state index contributed by atoms with van der Waals surface area (Å²) in [6.45, 7) is 3.14. The summed E-state index contributed by atoms with van der Waals surface area (Å²) in [4.78, 5) is 12.0. The van der Waals surface area contributed by atoms with E-state index in [9.17, 15) is 4.79 Å². The van der Waals surface area contributed by atoms with Gasteiger partial charge in [-0.2, -0.15) is 0 Å². The minimum Gasteiger partial charge on any atom is -0.464 e. The Morgan fingerprint density at radius 3 is 2.82 bits per heavy atom. The highest BCUT2D eigenvalue weighted by Crippen LogP contribution is 2.25. The minimum atomic E-state index is -0.725. The second-order valence-corrected chi connectivity index (χ2v) is 4.10. The maximum Gasteiger partial charge on any atom is 0.334 e. The van der Waals surface area contributed by atoms with Gasteiger partial charge in [0.15, 0.2) is 5.54 Å². The van der Waals surface area contributed by atoms with Gasteiger partial charge >= 0.3 is 5.97 Å². The van der Waals surface area contributed by atoms with Crippen LogP contribution in [0.15, 0.2) is 30.3 Å². The molecule has 0 bridgehead atoms. The Bertz CT molecular complexity index is 372. The molecule has 1 aliphatic rings. The number of ether oxygens (including phenoxy) is 2. The lowest BCUT2D eigenvalue weighted by Crippen LogP contribution is -2.48. The molecule has 1 fully saturated rings. The predicted molar refractivity (Wildman–Crippen MR) is 64.9 cm³/mol. The van der Waals surface area contributed by atoms with Crippen LogP contribution in [0.2, 0.25) is 0 Å². The second-order valence-electron chi connectivity index (χ2n) is 4.10. The third kappa shape index (κ3) is 2.58. The summed E-state index contributed by atoms with van der Waals surface area (Å²) < 4.78 is 10.5. The first-order valence-corrected chi connectivity index (χ1v) is 5.85. The van der Waals surface area contributed by atoms with E-state index in [4.69, 9.17) is 9.47 Å². The van der Waals surface area contributed by atoms with Crippen LogP contribution in [0.1, 0.15) is 13.3 Å². The van der Waals surface area contributed by atoms with Crippen LogP contribution < -0.4 is 5.32 Å². The van der Waals surface area contributed by atoms with Crippen LogP contribution in [0.5, 0.6) is 0 Å². The molecule has 92 valence electrons. The van der Waals surface area contributed by atoms with Gasteiger partial charge in [0.2, 0.25) is 0 Å². The van der Waals surface area contributed by atoms with Crippen LogP contribution in [0.3, 0.4) is 0 Å². The summed E-state index contributed by atoms with van der Waals surface area (Å²) in [7, 11) is 0. The number of esters is 1. The topological polar surface area (TPSA) is 47.6 Å². The fourth-order valence-electron chi connectivity index (χ4n) is 1.94. The third-order valence-electron chi connectivity index (χ3n) is 2.85. The van der Waals surface area contributed by atoms with Crippen molar-refractivity contribution in [1.29, 1.82) is 0 Å². The van der Waals surface area contributed by atoms with Gasteiger partial charge in [-0.05, 0) is 19.1 Å². The molecule has 0 amide bonds. The summed E-state index contributed by atoms with van der Waals surface area (Å²) in [6, 6.07) is 9.65. The second kappa shape index (κ2) is 5.19. The average molecular weight is 235 g/mol. The molecule has 4 heteroatoms. The van der Waals surface area contributed by atoms with Crippen LogP contribution in [0, 0.1) is 0 Å². The highest BCUT2D eigenvalue weighted by molar-refractivity contribution is 5.85. The summed E-state index contributed by atoms with van der Waals surface area (Å²) in [5.41, 5.74) is 0.184. The molecule has 0 spiro atoms. The van der Waals surface area contributed by atoms with Crippen LogP contribution >= 0.6 is 0 Å². The third-order valence-corrected chi connectivity index (χ3v) is 2.85. The molecule has 0 aliphatic carbocycles. The van der Waals surface area contributed by atoms with Gasteiger partial charge in [0.05, 0.1) is 13.2 Å². The molecule has 1 saturated heterocycles. The summed E-state index contributed by atoms with van der Waals surface area (Å²) in [5.74, 6) is -0.235. The van der Waals surface area contributed by atoms with Crippen molar-refractivity contribution in [1.82, 2.24) is 0 Å². The molecule has 2 rings (SSSR count). The van der Waals surface area contributed by atoms with Gasteiger partial charge < -0.3 is 14.8 Å². The molecule has 1 unspecified atom stereocenters. The quantitative estimate of drug-likeness (QED) is 0.809. The van der Waals surface area contributed by atoms with E-state index < -0.39 is 5.54 Å². The monoisotopic (exact) mass is 235 g/mol. The van der Waals surface area contributed by atoms with E-state index in [0.717, 1.165) is 5.69 Å². The average Bonchev–Trinajstić information content (AvgIpc) is 2.80. The first-order valence-electron chi connectivity index (χ1n) is 5.85. The summed E-state index contributed by atoms with van der Waals surface area (Å²) in [6.07, 6.45) is 0.640. The fraction of sp³-hybridized carbons (Fsp3) is 0.462. The Morgan fingerprint density at radius 1 is 1.47 bits per heavy atom. The summed E-state index contributed by atoms with van der Waals surface area (Å²) >= 11 is 0. The lowest BCUT2D eigenvalue weighted by atomic mass is 9.98. The molecule has 1 N–H and O–H groups in total. The largest absolute Gasteiger partial charge is 0.464 e. The number of benzene rings is 1. The van der Waals surface area contributed by atoms with Crippen LogP contribution in [-0.4, -0.2) is 31.3 Å². The standard InChI is InChI=1S/C13H17NO3/c1-2-17-12(15)13(8-9-16-10-13)14-11-6-4-3-5-7-11/h3-7,14H,2,8-10H2,1H3. The van der Waals surface area contributed by atoms with Crippen molar-refractivity contribution < 1.29 is 14.3 Å². The van der Waals surface area contributed by atoms with Crippen molar-refractivity contribution in [3.05, 3.63) is 30.3 Å². The molecule has 1 aliphatic heterocycles. The molecule has 1 aromatic carbocycles. The number of rotatable bonds is 4. The van der Waals surface area contributed by atoms with Crippen LogP contribution in [0.25, 0.3) is 0 Å². The van der Waals surface area contributed by atoms with Crippen molar-refractivity contribution in [3.63, 3.8) is 0 Å². The van der Waals surface area contributed by atoms with Gasteiger partial charge in [0, 0.05) is 18.7 Å². The zero-order chi connectivity index (χ0) is 12.1. The van der Waals surface area contributed by atoms with Gasteiger partial charge in [-0.3, -0.25) is 0 Å². The van der Waals surface area contributed by atoms with E-state index >= 15 is 0 Å². The maximum atomic E-state index is 12.0. The van der Waals surface area contributed by atoms with Crippen molar-refractivity contribution in [2.75, 3.05) is 25.1 Å². The van der Waals surface area contributed by atoms with E-state index in [1.54, 1.807) is 0 Å². The van der Waals surface area contributed by atoms with E-state index in [-0.39, 0.29) is 5.97 Å². The molecule has 1 heterocycles. The SMILES string of the molecule is CCOC(=O)C1(Nc2ccccc2)CCOC1. The maximum absolute atomic E-state index is 12.0. The molecule has 0 aromatic heterocycles. The lowest BCUT2D eigenvalue weighted by Gasteiger charge is -2.27. The Labute approximate surface area is 101 Å². The Balaban J connectivity index is 2.15. The van der Waals surface area contributed by atoms with E-state index in [1.165, 1.54) is 0 Å². The number of nitrogens with one attached hydrogen (secondary N) is 1. The molecule has 1 aromatic rings. The highest BCUT2D eigenvalue weighted by Gasteiger charge is 2.43. The van der Waals surface area contributed by atoms with E-state index in [2.05, 4.69) is 5.32 Å².